The molecule has 2 unspecified atom stereocenters. The van der Waals surface area contributed by atoms with Gasteiger partial charge in [0.05, 0.1) is 0 Å². The fraction of sp³-hybridized carbons (Fsp3) is 0.556. The van der Waals surface area contributed by atoms with Crippen LogP contribution in [0.3, 0.4) is 0 Å². The fourth-order valence-corrected chi connectivity index (χ4v) is 1.54. The number of hydrogen-bond donors (Lipinski definition) is 0. The van der Waals surface area contributed by atoms with Gasteiger partial charge in [-0.15, -0.1) is 0 Å². The van der Waals surface area contributed by atoms with E-state index in [0.717, 1.165) is 0 Å². The van der Waals surface area contributed by atoms with Crippen molar-refractivity contribution in [3.05, 3.63) is 24.3 Å². The summed E-state index contributed by atoms with van der Waals surface area (Å²) in [5, 5.41) is 0. The molecular formula is C9H12O. The molecule has 0 aromatic heterocycles. The molecule has 0 aromatic carbocycles. The smallest absolute Gasteiger partial charge is 0.119 e. The third-order valence-electron chi connectivity index (χ3n) is 2.37. The molecule has 54 valence electrons. The molecule has 0 amide bonds. The fourth-order valence-electron chi connectivity index (χ4n) is 1.54. The quantitative estimate of drug-likeness (QED) is 0.501. The zero-order valence-corrected chi connectivity index (χ0v) is 6.37. The number of ether oxygens (including phenoxy) is 1. The van der Waals surface area contributed by atoms with Crippen molar-refractivity contribution in [2.75, 3.05) is 0 Å². The first-order valence-electron chi connectivity index (χ1n) is 3.79. The second kappa shape index (κ2) is 1.73. The summed E-state index contributed by atoms with van der Waals surface area (Å²) in [4.78, 5) is 0. The van der Waals surface area contributed by atoms with Gasteiger partial charge in [0.15, 0.2) is 0 Å². The van der Waals surface area contributed by atoms with Crippen LogP contribution in [0.2, 0.25) is 0 Å². The van der Waals surface area contributed by atoms with Gasteiger partial charge in [0.1, 0.15) is 11.7 Å². The number of hydrogen-bond acceptors (Lipinski definition) is 1. The standard InChI is InChI=1S/C9H12O/c1-7(2)9-6-4-3-5-8(9)10-9/h3-8H,1-2H3. The normalized spacial score (nSPS) is 42.1. The Morgan fingerprint density at radius 2 is 2.20 bits per heavy atom. The second-order valence-electron chi connectivity index (χ2n) is 3.29. The van der Waals surface area contributed by atoms with Gasteiger partial charge in [-0.05, 0) is 12.0 Å². The number of fused-ring (bicyclic) bond motifs is 1. The molecule has 1 saturated heterocycles. The van der Waals surface area contributed by atoms with E-state index in [1.807, 2.05) is 0 Å². The topological polar surface area (TPSA) is 12.5 Å². The van der Waals surface area contributed by atoms with Crippen LogP contribution >= 0.6 is 0 Å². The maximum atomic E-state index is 5.55. The van der Waals surface area contributed by atoms with Crippen LogP contribution < -0.4 is 0 Å². The van der Waals surface area contributed by atoms with E-state index in [4.69, 9.17) is 4.74 Å². The third kappa shape index (κ3) is 0.613. The molecule has 2 aliphatic rings. The first-order valence-corrected chi connectivity index (χ1v) is 3.79. The Labute approximate surface area is 61.4 Å². The Balaban J connectivity index is 2.23. The number of allylic oxidation sites excluding steroid dienone is 2. The number of epoxide rings is 1. The van der Waals surface area contributed by atoms with Gasteiger partial charge >= 0.3 is 0 Å². The Kier molecular flexibility index (Phi) is 1.07. The largest absolute Gasteiger partial charge is 0.357 e. The highest BCUT2D eigenvalue weighted by molar-refractivity contribution is 5.31. The lowest BCUT2D eigenvalue weighted by atomic mass is 9.89. The van der Waals surface area contributed by atoms with Gasteiger partial charge in [-0.1, -0.05) is 32.1 Å². The van der Waals surface area contributed by atoms with Gasteiger partial charge in [-0.3, -0.25) is 0 Å². The second-order valence-corrected chi connectivity index (χ2v) is 3.29. The predicted molar refractivity (Wildman–Crippen MR) is 40.7 cm³/mol. The first kappa shape index (κ1) is 6.17. The van der Waals surface area contributed by atoms with Crippen molar-refractivity contribution < 1.29 is 4.74 Å². The summed E-state index contributed by atoms with van der Waals surface area (Å²) in [6.45, 7) is 4.40. The minimum absolute atomic E-state index is 0.0781. The molecule has 0 bridgehead atoms. The van der Waals surface area contributed by atoms with Crippen molar-refractivity contribution in [3.8, 4) is 0 Å². The molecule has 1 heterocycles. The van der Waals surface area contributed by atoms with Crippen molar-refractivity contribution in [2.45, 2.75) is 25.6 Å². The van der Waals surface area contributed by atoms with Crippen LogP contribution in [0.5, 0.6) is 0 Å². The average Bonchev–Trinajstić information content (AvgIpc) is 2.61. The van der Waals surface area contributed by atoms with E-state index in [9.17, 15) is 0 Å². The molecule has 0 saturated carbocycles. The zero-order valence-electron chi connectivity index (χ0n) is 6.37. The van der Waals surface area contributed by atoms with Crippen molar-refractivity contribution in [2.24, 2.45) is 5.92 Å². The van der Waals surface area contributed by atoms with Gasteiger partial charge in [0.25, 0.3) is 0 Å². The summed E-state index contributed by atoms with van der Waals surface area (Å²) in [5.74, 6) is 0.596. The van der Waals surface area contributed by atoms with Gasteiger partial charge in [0.2, 0.25) is 0 Å². The molecule has 10 heavy (non-hydrogen) atoms. The van der Waals surface area contributed by atoms with E-state index < -0.39 is 0 Å². The summed E-state index contributed by atoms with van der Waals surface area (Å²) in [6, 6.07) is 0. The van der Waals surface area contributed by atoms with E-state index in [1.54, 1.807) is 0 Å². The molecule has 0 N–H and O–H groups in total. The Morgan fingerprint density at radius 1 is 1.40 bits per heavy atom. The molecule has 1 aliphatic heterocycles. The summed E-state index contributed by atoms with van der Waals surface area (Å²) in [5.41, 5.74) is 0.0781. The average molecular weight is 136 g/mol. The highest BCUT2D eigenvalue weighted by Gasteiger charge is 2.55. The first-order chi connectivity index (χ1) is 4.76. The minimum Gasteiger partial charge on any atom is -0.357 e. The predicted octanol–water partition coefficient (Wildman–Crippen LogP) is 1.91. The van der Waals surface area contributed by atoms with Crippen LogP contribution in [-0.2, 0) is 4.74 Å². The Morgan fingerprint density at radius 3 is 2.70 bits per heavy atom. The molecular weight excluding hydrogens is 124 g/mol. The number of rotatable bonds is 1. The van der Waals surface area contributed by atoms with Crippen LogP contribution in [0.4, 0.5) is 0 Å². The molecule has 2 atom stereocenters. The molecule has 2 rings (SSSR count). The third-order valence-corrected chi connectivity index (χ3v) is 2.37. The molecule has 1 aliphatic carbocycles. The summed E-state index contributed by atoms with van der Waals surface area (Å²) >= 11 is 0. The van der Waals surface area contributed by atoms with Gasteiger partial charge in [0, 0.05) is 0 Å². The zero-order chi connectivity index (χ0) is 7.19. The molecule has 1 fully saturated rings. The maximum Gasteiger partial charge on any atom is 0.119 e. The highest BCUT2D eigenvalue weighted by Crippen LogP contribution is 2.46. The highest BCUT2D eigenvalue weighted by atomic mass is 16.6. The molecule has 1 heteroatoms. The van der Waals surface area contributed by atoms with E-state index in [1.165, 1.54) is 0 Å². The Hall–Kier alpha value is -0.560. The lowest BCUT2D eigenvalue weighted by Crippen LogP contribution is -2.19. The lowest BCUT2D eigenvalue weighted by molar-refractivity contribution is 0.285. The molecule has 0 aromatic rings. The van der Waals surface area contributed by atoms with Crippen molar-refractivity contribution in [1.29, 1.82) is 0 Å². The van der Waals surface area contributed by atoms with Crippen LogP contribution in [0.25, 0.3) is 0 Å². The van der Waals surface area contributed by atoms with E-state index in [-0.39, 0.29) is 5.60 Å². The van der Waals surface area contributed by atoms with Crippen LogP contribution in [0, 0.1) is 5.92 Å². The molecule has 0 spiro atoms. The van der Waals surface area contributed by atoms with Crippen LogP contribution in [0.1, 0.15) is 13.8 Å². The minimum atomic E-state index is 0.0781. The monoisotopic (exact) mass is 136 g/mol. The summed E-state index contributed by atoms with van der Waals surface area (Å²) < 4.78 is 5.55. The van der Waals surface area contributed by atoms with Gasteiger partial charge in [-0.2, -0.15) is 0 Å². The van der Waals surface area contributed by atoms with Crippen LogP contribution in [0.15, 0.2) is 24.3 Å². The Bertz CT molecular complexity index is 203. The summed E-state index contributed by atoms with van der Waals surface area (Å²) in [7, 11) is 0. The molecule has 1 nitrogen and oxygen atoms in total. The SMILES string of the molecule is CC(C)C12C=CC=CC1O2. The van der Waals surface area contributed by atoms with Gasteiger partial charge in [-0.25, -0.2) is 0 Å². The lowest BCUT2D eigenvalue weighted by Gasteiger charge is -2.12. The van der Waals surface area contributed by atoms with Crippen molar-refractivity contribution in [1.82, 2.24) is 0 Å². The van der Waals surface area contributed by atoms with Crippen molar-refractivity contribution >= 4 is 0 Å². The van der Waals surface area contributed by atoms with E-state index in [0.29, 0.717) is 12.0 Å². The van der Waals surface area contributed by atoms with E-state index >= 15 is 0 Å². The summed E-state index contributed by atoms with van der Waals surface area (Å²) in [6.07, 6.45) is 8.79. The van der Waals surface area contributed by atoms with E-state index in [2.05, 4.69) is 38.2 Å². The van der Waals surface area contributed by atoms with Crippen LogP contribution in [-0.4, -0.2) is 11.7 Å². The maximum absolute atomic E-state index is 5.55. The van der Waals surface area contributed by atoms with Crippen molar-refractivity contribution in [3.63, 3.8) is 0 Å². The molecule has 0 radical (unpaired) electrons. The van der Waals surface area contributed by atoms with Gasteiger partial charge < -0.3 is 4.74 Å².